The maximum absolute atomic E-state index is 12.0. The Morgan fingerprint density at radius 1 is 1.00 bits per heavy atom. The van der Waals surface area contributed by atoms with E-state index in [1.54, 1.807) is 24.3 Å². The van der Waals surface area contributed by atoms with Crippen LogP contribution in [0.2, 0.25) is 5.02 Å². The second-order valence-corrected chi connectivity index (χ2v) is 5.13. The summed E-state index contributed by atoms with van der Waals surface area (Å²) in [6, 6.07) is 15.2. The molecule has 0 bridgehead atoms. The Balaban J connectivity index is 1.71. The summed E-state index contributed by atoms with van der Waals surface area (Å²) in [4.78, 5) is 12.0. The molecule has 20 heavy (non-hydrogen) atoms. The van der Waals surface area contributed by atoms with E-state index in [1.807, 2.05) is 12.1 Å². The van der Waals surface area contributed by atoms with Gasteiger partial charge in [0.1, 0.15) is 0 Å². The first kappa shape index (κ1) is 12.9. The van der Waals surface area contributed by atoms with Gasteiger partial charge in [-0.05, 0) is 23.3 Å². The zero-order valence-corrected chi connectivity index (χ0v) is 11.5. The molecule has 3 rings (SSSR count). The second kappa shape index (κ2) is 5.47. The van der Waals surface area contributed by atoms with Crippen LogP contribution >= 0.6 is 11.6 Å². The molecule has 0 atom stereocenters. The van der Waals surface area contributed by atoms with E-state index in [9.17, 15) is 4.79 Å². The monoisotopic (exact) mass is 284 g/mol. The van der Waals surface area contributed by atoms with Crippen molar-refractivity contribution in [2.45, 2.75) is 12.8 Å². The van der Waals surface area contributed by atoms with Crippen molar-refractivity contribution in [3.05, 3.63) is 70.2 Å². The van der Waals surface area contributed by atoms with Gasteiger partial charge in [-0.1, -0.05) is 48.0 Å². The summed E-state index contributed by atoms with van der Waals surface area (Å²) in [6.07, 6.45) is 1.58. The summed E-state index contributed by atoms with van der Waals surface area (Å²) >= 11 is 5.98. The zero-order valence-electron chi connectivity index (χ0n) is 10.8. The van der Waals surface area contributed by atoms with E-state index >= 15 is 0 Å². The van der Waals surface area contributed by atoms with E-state index < -0.39 is 0 Å². The SMILES string of the molecule is O=C(NN=C1Cc2ccccc2C1)c1ccccc1Cl. The van der Waals surface area contributed by atoms with Gasteiger partial charge in [-0.15, -0.1) is 0 Å². The quantitative estimate of drug-likeness (QED) is 0.845. The lowest BCUT2D eigenvalue weighted by molar-refractivity contribution is 0.0955. The van der Waals surface area contributed by atoms with E-state index in [2.05, 4.69) is 22.7 Å². The normalized spacial score (nSPS) is 12.9. The van der Waals surface area contributed by atoms with E-state index in [0.29, 0.717) is 10.6 Å². The van der Waals surface area contributed by atoms with Gasteiger partial charge in [-0.2, -0.15) is 5.10 Å². The molecule has 0 aromatic heterocycles. The summed E-state index contributed by atoms with van der Waals surface area (Å²) in [6.45, 7) is 0. The van der Waals surface area contributed by atoms with E-state index in [4.69, 9.17) is 11.6 Å². The standard InChI is InChI=1S/C16H13ClN2O/c17-15-8-4-3-7-14(15)16(20)19-18-13-9-11-5-1-2-6-12(11)10-13/h1-8H,9-10H2,(H,19,20). The van der Waals surface area contributed by atoms with Crippen molar-refractivity contribution in [1.29, 1.82) is 0 Å². The predicted molar refractivity (Wildman–Crippen MR) is 80.2 cm³/mol. The highest BCUT2D eigenvalue weighted by Crippen LogP contribution is 2.19. The van der Waals surface area contributed by atoms with Gasteiger partial charge in [0.2, 0.25) is 0 Å². The molecule has 0 radical (unpaired) electrons. The number of amides is 1. The highest BCUT2D eigenvalue weighted by Gasteiger charge is 2.16. The molecular formula is C16H13ClN2O. The molecule has 4 heteroatoms. The maximum Gasteiger partial charge on any atom is 0.272 e. The Labute approximate surface area is 122 Å². The molecule has 3 nitrogen and oxygen atoms in total. The van der Waals surface area contributed by atoms with Crippen LogP contribution < -0.4 is 5.43 Å². The minimum atomic E-state index is -0.279. The van der Waals surface area contributed by atoms with Crippen LogP contribution in [-0.4, -0.2) is 11.6 Å². The highest BCUT2D eigenvalue weighted by atomic mass is 35.5. The molecule has 2 aromatic rings. The van der Waals surface area contributed by atoms with Gasteiger partial charge in [0.15, 0.2) is 0 Å². The Morgan fingerprint density at radius 3 is 2.25 bits per heavy atom. The van der Waals surface area contributed by atoms with Gasteiger partial charge in [0.05, 0.1) is 10.6 Å². The average Bonchev–Trinajstić information content (AvgIpc) is 2.88. The third-order valence-electron chi connectivity index (χ3n) is 3.34. The first-order valence-corrected chi connectivity index (χ1v) is 6.79. The lowest BCUT2D eigenvalue weighted by Gasteiger charge is -2.03. The van der Waals surface area contributed by atoms with Crippen molar-refractivity contribution in [1.82, 2.24) is 5.43 Å². The Bertz CT molecular complexity index is 667. The molecule has 0 aliphatic heterocycles. The van der Waals surface area contributed by atoms with Gasteiger partial charge in [-0.25, -0.2) is 5.43 Å². The summed E-state index contributed by atoms with van der Waals surface area (Å²) in [5, 5.41) is 4.64. The number of hydrogen-bond donors (Lipinski definition) is 1. The Kier molecular flexibility index (Phi) is 3.52. The van der Waals surface area contributed by atoms with Gasteiger partial charge in [-0.3, -0.25) is 4.79 Å². The van der Waals surface area contributed by atoms with Crippen molar-refractivity contribution in [2.75, 3.05) is 0 Å². The Morgan fingerprint density at radius 2 is 1.60 bits per heavy atom. The number of hydrazone groups is 1. The van der Waals surface area contributed by atoms with Gasteiger partial charge in [0.25, 0.3) is 5.91 Å². The van der Waals surface area contributed by atoms with Crippen LogP contribution in [0.4, 0.5) is 0 Å². The van der Waals surface area contributed by atoms with Crippen LogP contribution in [-0.2, 0) is 12.8 Å². The van der Waals surface area contributed by atoms with Crippen molar-refractivity contribution in [2.24, 2.45) is 5.10 Å². The summed E-state index contributed by atoms with van der Waals surface area (Å²) < 4.78 is 0. The molecule has 0 unspecified atom stereocenters. The number of hydrogen-bond acceptors (Lipinski definition) is 2. The number of halogens is 1. The van der Waals surface area contributed by atoms with E-state index in [0.717, 1.165) is 18.6 Å². The maximum atomic E-state index is 12.0. The molecule has 2 aromatic carbocycles. The number of nitrogens with zero attached hydrogens (tertiary/aromatic N) is 1. The predicted octanol–water partition coefficient (Wildman–Crippen LogP) is 3.22. The van der Waals surface area contributed by atoms with Crippen molar-refractivity contribution in [3.63, 3.8) is 0 Å². The molecule has 0 spiro atoms. The number of rotatable bonds is 2. The first-order chi connectivity index (χ1) is 9.74. The third-order valence-corrected chi connectivity index (χ3v) is 3.67. The van der Waals surface area contributed by atoms with Crippen molar-refractivity contribution < 1.29 is 4.79 Å². The lowest BCUT2D eigenvalue weighted by Crippen LogP contribution is -2.20. The minimum absolute atomic E-state index is 0.279. The number of carbonyl (C=O) groups is 1. The summed E-state index contributed by atoms with van der Waals surface area (Å²) in [5.74, 6) is -0.279. The molecule has 100 valence electrons. The van der Waals surface area contributed by atoms with Crippen LogP contribution in [0.5, 0.6) is 0 Å². The summed E-state index contributed by atoms with van der Waals surface area (Å²) in [5.41, 5.74) is 6.54. The molecule has 1 aliphatic carbocycles. The fraction of sp³-hybridized carbons (Fsp3) is 0.125. The van der Waals surface area contributed by atoms with Crippen LogP contribution in [0.3, 0.4) is 0 Å². The fourth-order valence-electron chi connectivity index (χ4n) is 2.32. The van der Waals surface area contributed by atoms with Crippen molar-refractivity contribution in [3.8, 4) is 0 Å². The molecular weight excluding hydrogens is 272 g/mol. The number of carbonyl (C=O) groups excluding carboxylic acids is 1. The van der Waals surface area contributed by atoms with Crippen molar-refractivity contribution >= 4 is 23.2 Å². The topological polar surface area (TPSA) is 41.5 Å². The molecule has 1 aliphatic rings. The molecule has 1 N–H and O–H groups in total. The van der Waals surface area contributed by atoms with E-state index in [-0.39, 0.29) is 5.91 Å². The lowest BCUT2D eigenvalue weighted by atomic mass is 10.1. The van der Waals surface area contributed by atoms with Gasteiger partial charge >= 0.3 is 0 Å². The molecule has 0 saturated heterocycles. The minimum Gasteiger partial charge on any atom is -0.267 e. The second-order valence-electron chi connectivity index (χ2n) is 4.72. The molecule has 0 fully saturated rings. The van der Waals surface area contributed by atoms with Crippen LogP contribution in [0.1, 0.15) is 21.5 Å². The first-order valence-electron chi connectivity index (χ1n) is 6.41. The average molecular weight is 285 g/mol. The Hall–Kier alpha value is -2.13. The van der Waals surface area contributed by atoms with Crippen LogP contribution in [0, 0.1) is 0 Å². The van der Waals surface area contributed by atoms with Crippen LogP contribution in [0.15, 0.2) is 53.6 Å². The molecule has 0 saturated carbocycles. The number of nitrogens with one attached hydrogen (secondary N) is 1. The van der Waals surface area contributed by atoms with Gasteiger partial charge in [0, 0.05) is 18.6 Å². The highest BCUT2D eigenvalue weighted by molar-refractivity contribution is 6.33. The number of fused-ring (bicyclic) bond motifs is 1. The molecule has 0 heterocycles. The largest absolute Gasteiger partial charge is 0.272 e. The number of benzene rings is 2. The zero-order chi connectivity index (χ0) is 13.9. The third kappa shape index (κ3) is 2.58. The summed E-state index contributed by atoms with van der Waals surface area (Å²) in [7, 11) is 0. The molecule has 1 amide bonds. The van der Waals surface area contributed by atoms with E-state index in [1.165, 1.54) is 11.1 Å². The van der Waals surface area contributed by atoms with Crippen LogP contribution in [0.25, 0.3) is 0 Å². The fourth-order valence-corrected chi connectivity index (χ4v) is 2.54. The smallest absolute Gasteiger partial charge is 0.267 e. The van der Waals surface area contributed by atoms with Gasteiger partial charge < -0.3 is 0 Å².